The second-order valence-corrected chi connectivity index (χ2v) is 5.60. The van der Waals surface area contributed by atoms with Crippen LogP contribution < -0.4 is 4.74 Å². The molecule has 0 aliphatic rings. The van der Waals surface area contributed by atoms with Crippen molar-refractivity contribution in [2.45, 2.75) is 19.4 Å². The third-order valence-corrected chi connectivity index (χ3v) is 3.83. The Morgan fingerprint density at radius 1 is 1.00 bits per heavy atom. The minimum Gasteiger partial charge on any atom is -0.497 e. The summed E-state index contributed by atoms with van der Waals surface area (Å²) >= 11 is 0. The van der Waals surface area contributed by atoms with E-state index in [1.807, 2.05) is 24.3 Å². The summed E-state index contributed by atoms with van der Waals surface area (Å²) in [5, 5.41) is 8.87. The molecule has 5 heteroatoms. The molecule has 5 nitrogen and oxygen atoms in total. The van der Waals surface area contributed by atoms with Crippen molar-refractivity contribution in [3.63, 3.8) is 0 Å². The Morgan fingerprint density at radius 2 is 1.58 bits per heavy atom. The Labute approximate surface area is 141 Å². The molecule has 0 radical (unpaired) electrons. The van der Waals surface area contributed by atoms with Crippen LogP contribution in [0.15, 0.2) is 48.5 Å². The van der Waals surface area contributed by atoms with Gasteiger partial charge in [-0.1, -0.05) is 24.3 Å². The highest BCUT2D eigenvalue weighted by Crippen LogP contribution is 2.13. The Kier molecular flexibility index (Phi) is 5.95. The van der Waals surface area contributed by atoms with Crippen LogP contribution in [0.3, 0.4) is 0 Å². The third kappa shape index (κ3) is 4.84. The van der Waals surface area contributed by atoms with Crippen LogP contribution in [0.25, 0.3) is 0 Å². The van der Waals surface area contributed by atoms with E-state index in [9.17, 15) is 9.59 Å². The molecule has 0 heterocycles. The van der Waals surface area contributed by atoms with E-state index in [2.05, 4.69) is 0 Å². The number of rotatable bonds is 7. The van der Waals surface area contributed by atoms with Crippen molar-refractivity contribution < 1.29 is 19.4 Å². The minimum absolute atomic E-state index is 0.0492. The maximum atomic E-state index is 12.2. The molecule has 2 aromatic rings. The monoisotopic (exact) mass is 327 g/mol. The SMILES string of the molecule is COc1ccc(CN(C)C(=O)CCc2ccc(C(=O)O)cc2)cc1. The number of ether oxygens (including phenoxy) is 1. The van der Waals surface area contributed by atoms with Crippen molar-refractivity contribution in [1.29, 1.82) is 0 Å². The fourth-order valence-electron chi connectivity index (χ4n) is 2.35. The largest absolute Gasteiger partial charge is 0.497 e. The average Bonchev–Trinajstić information content (AvgIpc) is 2.60. The summed E-state index contributed by atoms with van der Waals surface area (Å²) in [6.45, 7) is 0.542. The summed E-state index contributed by atoms with van der Waals surface area (Å²) in [7, 11) is 3.40. The highest BCUT2D eigenvalue weighted by molar-refractivity contribution is 5.87. The van der Waals surface area contributed by atoms with Gasteiger partial charge in [0.2, 0.25) is 5.91 Å². The van der Waals surface area contributed by atoms with Crippen LogP contribution in [0, 0.1) is 0 Å². The lowest BCUT2D eigenvalue weighted by atomic mass is 10.1. The Bertz CT molecular complexity index is 692. The van der Waals surface area contributed by atoms with Crippen LogP contribution in [0.5, 0.6) is 5.75 Å². The van der Waals surface area contributed by atoms with Crippen molar-refractivity contribution in [1.82, 2.24) is 4.90 Å². The molecule has 126 valence electrons. The summed E-state index contributed by atoms with van der Waals surface area (Å²) in [5.74, 6) is -0.109. The van der Waals surface area contributed by atoms with Crippen LogP contribution in [0.2, 0.25) is 0 Å². The van der Waals surface area contributed by atoms with Gasteiger partial charge in [0.15, 0.2) is 0 Å². The molecule has 1 N–H and O–H groups in total. The van der Waals surface area contributed by atoms with Gasteiger partial charge in [-0.2, -0.15) is 0 Å². The summed E-state index contributed by atoms with van der Waals surface area (Å²) in [6.07, 6.45) is 0.977. The molecule has 24 heavy (non-hydrogen) atoms. The quantitative estimate of drug-likeness (QED) is 0.849. The molecular formula is C19H21NO4. The van der Waals surface area contributed by atoms with Gasteiger partial charge in [0.25, 0.3) is 0 Å². The normalized spacial score (nSPS) is 10.2. The maximum Gasteiger partial charge on any atom is 0.335 e. The summed E-state index contributed by atoms with van der Waals surface area (Å²) in [4.78, 5) is 24.7. The molecule has 0 fully saturated rings. The molecular weight excluding hydrogens is 306 g/mol. The van der Waals surface area contributed by atoms with Gasteiger partial charge in [0, 0.05) is 20.0 Å². The van der Waals surface area contributed by atoms with Crippen LogP contribution >= 0.6 is 0 Å². The molecule has 2 rings (SSSR count). The van der Waals surface area contributed by atoms with Crippen LogP contribution in [0.4, 0.5) is 0 Å². The summed E-state index contributed by atoms with van der Waals surface area (Å²) < 4.78 is 5.12. The lowest BCUT2D eigenvalue weighted by Gasteiger charge is -2.17. The molecule has 0 aromatic heterocycles. The van der Waals surface area contributed by atoms with Gasteiger partial charge < -0.3 is 14.7 Å². The Balaban J connectivity index is 1.85. The Morgan fingerprint density at radius 3 is 2.12 bits per heavy atom. The molecule has 0 saturated carbocycles. The molecule has 2 aromatic carbocycles. The molecule has 0 aliphatic heterocycles. The highest BCUT2D eigenvalue weighted by Gasteiger charge is 2.10. The molecule has 0 aliphatic carbocycles. The van der Waals surface area contributed by atoms with E-state index in [-0.39, 0.29) is 11.5 Å². The zero-order valence-electron chi connectivity index (χ0n) is 13.9. The van der Waals surface area contributed by atoms with E-state index < -0.39 is 5.97 Å². The number of aryl methyl sites for hydroxylation is 1. The second-order valence-electron chi connectivity index (χ2n) is 5.60. The fraction of sp³-hybridized carbons (Fsp3) is 0.263. The van der Waals surface area contributed by atoms with Gasteiger partial charge in [-0.15, -0.1) is 0 Å². The van der Waals surface area contributed by atoms with E-state index in [0.717, 1.165) is 16.9 Å². The number of carbonyl (C=O) groups is 2. The van der Waals surface area contributed by atoms with Gasteiger partial charge in [-0.25, -0.2) is 4.79 Å². The third-order valence-electron chi connectivity index (χ3n) is 3.83. The van der Waals surface area contributed by atoms with Crippen molar-refractivity contribution >= 4 is 11.9 Å². The summed E-state index contributed by atoms with van der Waals surface area (Å²) in [6, 6.07) is 14.2. The van der Waals surface area contributed by atoms with E-state index in [1.54, 1.807) is 43.3 Å². The van der Waals surface area contributed by atoms with Crippen molar-refractivity contribution in [2.24, 2.45) is 0 Å². The van der Waals surface area contributed by atoms with E-state index in [1.165, 1.54) is 0 Å². The van der Waals surface area contributed by atoms with Crippen LogP contribution in [-0.4, -0.2) is 36.0 Å². The first-order valence-corrected chi connectivity index (χ1v) is 7.68. The van der Waals surface area contributed by atoms with Gasteiger partial charge in [-0.05, 0) is 41.8 Å². The van der Waals surface area contributed by atoms with Gasteiger partial charge in [0.1, 0.15) is 5.75 Å². The number of carboxylic acid groups (broad SMARTS) is 1. The zero-order chi connectivity index (χ0) is 17.5. The summed E-state index contributed by atoms with van der Waals surface area (Å²) in [5.41, 5.74) is 2.24. The predicted octanol–water partition coefficient (Wildman–Crippen LogP) is 2.98. The van der Waals surface area contributed by atoms with Crippen LogP contribution in [-0.2, 0) is 17.8 Å². The first-order valence-electron chi connectivity index (χ1n) is 7.68. The molecule has 1 amide bonds. The number of hydrogen-bond donors (Lipinski definition) is 1. The number of benzene rings is 2. The van der Waals surface area contributed by atoms with Crippen molar-refractivity contribution in [2.75, 3.05) is 14.2 Å². The van der Waals surface area contributed by atoms with Crippen LogP contribution in [0.1, 0.15) is 27.9 Å². The smallest absolute Gasteiger partial charge is 0.335 e. The number of hydrogen-bond acceptors (Lipinski definition) is 3. The molecule has 0 unspecified atom stereocenters. The first kappa shape index (κ1) is 17.5. The predicted molar refractivity (Wildman–Crippen MR) is 91.2 cm³/mol. The topological polar surface area (TPSA) is 66.8 Å². The van der Waals surface area contributed by atoms with Crippen molar-refractivity contribution in [3.8, 4) is 5.75 Å². The highest BCUT2D eigenvalue weighted by atomic mass is 16.5. The number of aromatic carboxylic acids is 1. The molecule has 0 bridgehead atoms. The van der Waals surface area contributed by atoms with Gasteiger partial charge in [0.05, 0.1) is 12.7 Å². The zero-order valence-corrected chi connectivity index (χ0v) is 13.9. The number of carbonyl (C=O) groups excluding carboxylic acids is 1. The minimum atomic E-state index is -0.947. The lowest BCUT2D eigenvalue weighted by molar-refractivity contribution is -0.130. The molecule has 0 saturated heterocycles. The number of amides is 1. The van der Waals surface area contributed by atoms with Crippen molar-refractivity contribution in [3.05, 3.63) is 65.2 Å². The fourth-order valence-corrected chi connectivity index (χ4v) is 2.35. The Hall–Kier alpha value is -2.82. The average molecular weight is 327 g/mol. The first-order chi connectivity index (χ1) is 11.5. The maximum absolute atomic E-state index is 12.2. The van der Waals surface area contributed by atoms with E-state index >= 15 is 0 Å². The van der Waals surface area contributed by atoms with E-state index in [4.69, 9.17) is 9.84 Å². The standard InChI is InChI=1S/C19H21NO4/c1-20(13-15-5-10-17(24-2)11-6-15)18(21)12-7-14-3-8-16(9-4-14)19(22)23/h3-6,8-11H,7,12-13H2,1-2H3,(H,22,23). The number of methoxy groups -OCH3 is 1. The second kappa shape index (κ2) is 8.15. The molecule has 0 spiro atoms. The number of nitrogens with zero attached hydrogens (tertiary/aromatic N) is 1. The van der Waals surface area contributed by atoms with Gasteiger partial charge >= 0.3 is 5.97 Å². The van der Waals surface area contributed by atoms with E-state index in [0.29, 0.717) is 19.4 Å². The lowest BCUT2D eigenvalue weighted by Crippen LogP contribution is -2.26. The number of carboxylic acids is 1. The molecule has 0 atom stereocenters. The van der Waals surface area contributed by atoms with Gasteiger partial charge in [-0.3, -0.25) is 4.79 Å².